The molecule has 0 radical (unpaired) electrons. The van der Waals surface area contributed by atoms with Crippen LogP contribution in [0.3, 0.4) is 0 Å². The van der Waals surface area contributed by atoms with E-state index in [0.717, 1.165) is 12.3 Å². The molecule has 6 nitrogen and oxygen atoms in total. The number of nitrogens with one attached hydrogen (secondary N) is 1. The molecule has 0 aliphatic rings. The molecule has 0 spiro atoms. The number of nitrogens with zero attached hydrogens (tertiary/aromatic N) is 3. The fourth-order valence-electron chi connectivity index (χ4n) is 1.04. The Morgan fingerprint density at radius 3 is 2.87 bits per heavy atom. The maximum absolute atomic E-state index is 13.0. The number of hydrogen-bond donors (Lipinski definition) is 2. The van der Waals surface area contributed by atoms with Gasteiger partial charge in [0.15, 0.2) is 0 Å². The number of halogens is 2. The summed E-state index contributed by atoms with van der Waals surface area (Å²) < 4.78 is 26.0. The normalized spacial score (nSPS) is 11.9. The predicted octanol–water partition coefficient (Wildman–Crippen LogP) is 0.529. The average Bonchev–Trinajstić information content (AvgIpc) is 2.63. The van der Waals surface area contributed by atoms with Crippen molar-refractivity contribution in [3.8, 4) is 0 Å². The number of aromatic nitrogens is 4. The Kier molecular flexibility index (Phi) is 1.85. The Labute approximate surface area is 80.9 Å². The molecule has 2 heterocycles. The molecule has 0 aliphatic carbocycles. The minimum absolute atomic E-state index is 0.0911. The Morgan fingerprint density at radius 1 is 1.47 bits per heavy atom. The lowest BCUT2D eigenvalue weighted by Gasteiger charge is -2.09. The summed E-state index contributed by atoms with van der Waals surface area (Å²) in [5.74, 6) is -6.20. The molecule has 78 valence electrons. The Bertz CT molecular complexity index is 524. The average molecular weight is 214 g/mol. The van der Waals surface area contributed by atoms with Crippen LogP contribution in [-0.4, -0.2) is 31.5 Å². The number of alkyl halides is 2. The van der Waals surface area contributed by atoms with Crippen LogP contribution in [0, 0.1) is 0 Å². The SMILES string of the molecule is O=C(O)C(F)(F)c1cnc2n[nH]nc2c1. The highest BCUT2D eigenvalue weighted by molar-refractivity contribution is 5.79. The molecular formula is C7H4F2N4O2. The molecule has 2 aromatic heterocycles. The maximum Gasteiger partial charge on any atom is 0.379 e. The first-order chi connectivity index (χ1) is 7.01. The summed E-state index contributed by atoms with van der Waals surface area (Å²) in [5, 5.41) is 17.6. The predicted molar refractivity (Wildman–Crippen MR) is 43.2 cm³/mol. The van der Waals surface area contributed by atoms with Gasteiger partial charge in [-0.2, -0.15) is 19.1 Å². The van der Waals surface area contributed by atoms with Crippen LogP contribution in [0.15, 0.2) is 12.3 Å². The summed E-state index contributed by atoms with van der Waals surface area (Å²) >= 11 is 0. The van der Waals surface area contributed by atoms with E-state index in [-0.39, 0.29) is 11.2 Å². The minimum Gasteiger partial charge on any atom is -0.477 e. The van der Waals surface area contributed by atoms with Gasteiger partial charge in [-0.25, -0.2) is 9.78 Å². The summed E-state index contributed by atoms with van der Waals surface area (Å²) in [7, 11) is 0. The lowest BCUT2D eigenvalue weighted by atomic mass is 10.1. The molecule has 2 rings (SSSR count). The number of aliphatic carboxylic acids is 1. The minimum atomic E-state index is -3.97. The van der Waals surface area contributed by atoms with Gasteiger partial charge in [0.2, 0.25) is 5.65 Å². The number of carboxylic acid groups (broad SMARTS) is 1. The van der Waals surface area contributed by atoms with E-state index < -0.39 is 17.5 Å². The summed E-state index contributed by atoms with van der Waals surface area (Å²) in [4.78, 5) is 13.8. The van der Waals surface area contributed by atoms with Gasteiger partial charge in [-0.3, -0.25) is 0 Å². The fraction of sp³-hybridized carbons (Fsp3) is 0.143. The molecule has 0 unspecified atom stereocenters. The number of carbonyl (C=O) groups is 1. The summed E-state index contributed by atoms with van der Waals surface area (Å²) in [6, 6.07) is 0.931. The zero-order chi connectivity index (χ0) is 11.1. The van der Waals surface area contributed by atoms with Crippen LogP contribution in [0.5, 0.6) is 0 Å². The van der Waals surface area contributed by atoms with E-state index in [4.69, 9.17) is 5.11 Å². The van der Waals surface area contributed by atoms with Crippen molar-refractivity contribution in [1.82, 2.24) is 20.4 Å². The monoisotopic (exact) mass is 214 g/mol. The lowest BCUT2D eigenvalue weighted by Crippen LogP contribution is -2.25. The zero-order valence-electron chi connectivity index (χ0n) is 7.11. The molecule has 0 aliphatic heterocycles. The van der Waals surface area contributed by atoms with Crippen molar-refractivity contribution in [2.24, 2.45) is 0 Å². The molecular weight excluding hydrogens is 210 g/mol. The van der Waals surface area contributed by atoms with Crippen LogP contribution >= 0.6 is 0 Å². The van der Waals surface area contributed by atoms with E-state index in [9.17, 15) is 13.6 Å². The lowest BCUT2D eigenvalue weighted by molar-refractivity contribution is -0.166. The van der Waals surface area contributed by atoms with Gasteiger partial charge in [-0.05, 0) is 6.07 Å². The first-order valence-electron chi connectivity index (χ1n) is 3.80. The molecule has 2 N–H and O–H groups in total. The van der Waals surface area contributed by atoms with Gasteiger partial charge in [0, 0.05) is 6.20 Å². The maximum atomic E-state index is 13.0. The first-order valence-corrected chi connectivity index (χ1v) is 3.80. The smallest absolute Gasteiger partial charge is 0.379 e. The standard InChI is InChI=1S/C7H4F2N4O2/c8-7(9,6(14)15)3-1-4-5(10-2-3)12-13-11-4/h1-2H,(H,14,15)(H,10,11,12,13). The highest BCUT2D eigenvalue weighted by atomic mass is 19.3. The Balaban J connectivity index is 2.57. The van der Waals surface area contributed by atoms with E-state index in [1.807, 2.05) is 0 Å². The second-order valence-electron chi connectivity index (χ2n) is 2.77. The van der Waals surface area contributed by atoms with Crippen molar-refractivity contribution >= 4 is 17.1 Å². The number of pyridine rings is 1. The van der Waals surface area contributed by atoms with Crippen molar-refractivity contribution in [3.05, 3.63) is 17.8 Å². The van der Waals surface area contributed by atoms with E-state index >= 15 is 0 Å². The molecule has 0 saturated carbocycles. The number of fused-ring (bicyclic) bond motifs is 1. The molecule has 2 aromatic rings. The van der Waals surface area contributed by atoms with Crippen LogP contribution < -0.4 is 0 Å². The summed E-state index contributed by atoms with van der Waals surface area (Å²) in [6.45, 7) is 0. The third kappa shape index (κ3) is 1.39. The second-order valence-corrected chi connectivity index (χ2v) is 2.77. The van der Waals surface area contributed by atoms with E-state index in [2.05, 4.69) is 20.4 Å². The molecule has 8 heteroatoms. The highest BCUT2D eigenvalue weighted by Gasteiger charge is 2.41. The number of hydrogen-bond acceptors (Lipinski definition) is 4. The van der Waals surface area contributed by atoms with Gasteiger partial charge in [-0.15, -0.1) is 5.10 Å². The molecule has 0 fully saturated rings. The van der Waals surface area contributed by atoms with E-state index in [1.165, 1.54) is 0 Å². The van der Waals surface area contributed by atoms with Gasteiger partial charge < -0.3 is 5.11 Å². The number of aromatic amines is 1. The number of carboxylic acids is 1. The Hall–Kier alpha value is -2.12. The van der Waals surface area contributed by atoms with Crippen LogP contribution in [0.25, 0.3) is 11.2 Å². The van der Waals surface area contributed by atoms with Gasteiger partial charge in [0.05, 0.1) is 5.56 Å². The van der Waals surface area contributed by atoms with Crippen molar-refractivity contribution < 1.29 is 18.7 Å². The van der Waals surface area contributed by atoms with Crippen LogP contribution in [0.4, 0.5) is 8.78 Å². The van der Waals surface area contributed by atoms with Gasteiger partial charge in [-0.1, -0.05) is 0 Å². The molecule has 0 amide bonds. The molecule has 0 saturated heterocycles. The third-order valence-corrected chi connectivity index (χ3v) is 1.80. The van der Waals surface area contributed by atoms with E-state index in [1.54, 1.807) is 0 Å². The molecule has 0 bridgehead atoms. The molecule has 0 atom stereocenters. The van der Waals surface area contributed by atoms with Gasteiger partial charge >= 0.3 is 11.9 Å². The number of rotatable bonds is 2. The van der Waals surface area contributed by atoms with Crippen LogP contribution in [-0.2, 0) is 10.7 Å². The van der Waals surface area contributed by atoms with Crippen LogP contribution in [0.2, 0.25) is 0 Å². The number of H-pyrrole nitrogens is 1. The Morgan fingerprint density at radius 2 is 2.20 bits per heavy atom. The van der Waals surface area contributed by atoms with Gasteiger partial charge in [0.1, 0.15) is 5.52 Å². The fourth-order valence-corrected chi connectivity index (χ4v) is 1.04. The topological polar surface area (TPSA) is 91.8 Å². The van der Waals surface area contributed by atoms with Gasteiger partial charge in [0.25, 0.3) is 0 Å². The summed E-state index contributed by atoms with van der Waals surface area (Å²) in [5.41, 5.74) is -0.482. The van der Waals surface area contributed by atoms with Crippen molar-refractivity contribution in [2.75, 3.05) is 0 Å². The largest absolute Gasteiger partial charge is 0.477 e. The van der Waals surface area contributed by atoms with Crippen molar-refractivity contribution in [2.45, 2.75) is 5.92 Å². The van der Waals surface area contributed by atoms with E-state index in [0.29, 0.717) is 0 Å². The second kappa shape index (κ2) is 2.94. The quantitative estimate of drug-likeness (QED) is 0.760. The van der Waals surface area contributed by atoms with Crippen molar-refractivity contribution in [3.63, 3.8) is 0 Å². The molecule has 0 aromatic carbocycles. The highest BCUT2D eigenvalue weighted by Crippen LogP contribution is 2.28. The van der Waals surface area contributed by atoms with Crippen molar-refractivity contribution in [1.29, 1.82) is 0 Å². The first kappa shape index (κ1) is 9.44. The zero-order valence-corrected chi connectivity index (χ0v) is 7.11. The third-order valence-electron chi connectivity index (χ3n) is 1.80. The summed E-state index contributed by atoms with van der Waals surface area (Å²) in [6.07, 6.45) is 0.763. The molecule has 15 heavy (non-hydrogen) atoms. The van der Waals surface area contributed by atoms with Crippen LogP contribution in [0.1, 0.15) is 5.56 Å².